The van der Waals surface area contributed by atoms with Crippen molar-refractivity contribution in [2.24, 2.45) is 0 Å². The van der Waals surface area contributed by atoms with Gasteiger partial charge in [0.2, 0.25) is 0 Å². The summed E-state index contributed by atoms with van der Waals surface area (Å²) in [5.41, 5.74) is 3.38. The summed E-state index contributed by atoms with van der Waals surface area (Å²) in [5.74, 6) is 0.917. The Bertz CT molecular complexity index is 1050. The molecule has 0 atom stereocenters. The zero-order chi connectivity index (χ0) is 20.1. The number of sulfonamides is 1. The highest BCUT2D eigenvalue weighted by molar-refractivity contribution is 7.92. The van der Waals surface area contributed by atoms with Gasteiger partial charge in [-0.1, -0.05) is 25.1 Å². The van der Waals surface area contributed by atoms with E-state index in [1.54, 1.807) is 30.3 Å². The van der Waals surface area contributed by atoms with E-state index in [0.717, 1.165) is 17.7 Å². The molecule has 7 heteroatoms. The van der Waals surface area contributed by atoms with Crippen LogP contribution in [0.3, 0.4) is 0 Å². The molecule has 0 aliphatic carbocycles. The lowest BCUT2D eigenvalue weighted by atomic mass is 10.1. The average Bonchev–Trinajstić information content (AvgIpc) is 2.70. The maximum Gasteiger partial charge on any atom is 0.265 e. The lowest BCUT2D eigenvalue weighted by molar-refractivity contribution is 0.402. The minimum Gasteiger partial charge on any atom is -0.495 e. The zero-order valence-electron chi connectivity index (χ0n) is 16.1. The van der Waals surface area contributed by atoms with Crippen molar-refractivity contribution < 1.29 is 13.2 Å². The molecule has 1 aromatic heterocycles. The van der Waals surface area contributed by atoms with Crippen LogP contribution in [0.25, 0.3) is 0 Å². The molecule has 2 N–H and O–H groups in total. The Balaban J connectivity index is 1.75. The van der Waals surface area contributed by atoms with Gasteiger partial charge in [-0.2, -0.15) is 0 Å². The minimum atomic E-state index is -3.79. The lowest BCUT2D eigenvalue weighted by Gasteiger charge is -2.12. The number of ether oxygens (including phenoxy) is 1. The van der Waals surface area contributed by atoms with E-state index >= 15 is 0 Å². The van der Waals surface area contributed by atoms with Crippen LogP contribution in [0, 0.1) is 6.92 Å². The Morgan fingerprint density at radius 2 is 1.71 bits per heavy atom. The van der Waals surface area contributed by atoms with Gasteiger partial charge in [-0.25, -0.2) is 13.4 Å². The van der Waals surface area contributed by atoms with Crippen LogP contribution in [0.4, 0.5) is 17.2 Å². The standard InChI is InChI=1S/C21H23N3O3S/c1-4-16-6-8-17(9-7-16)23-21-12-10-18(14-22-21)24-28(25,26)20-13-15(2)5-11-19(20)27-3/h5-14,24H,4H2,1-3H3,(H,22,23). The number of nitrogens with zero attached hydrogens (tertiary/aromatic N) is 1. The third-order valence-corrected chi connectivity index (χ3v) is 5.66. The van der Waals surface area contributed by atoms with E-state index in [4.69, 9.17) is 4.74 Å². The van der Waals surface area contributed by atoms with Gasteiger partial charge in [0.25, 0.3) is 10.0 Å². The van der Waals surface area contributed by atoms with E-state index < -0.39 is 10.0 Å². The van der Waals surface area contributed by atoms with Crippen molar-refractivity contribution in [3.8, 4) is 5.75 Å². The summed E-state index contributed by atoms with van der Waals surface area (Å²) in [5, 5.41) is 3.19. The third-order valence-electron chi connectivity index (χ3n) is 4.26. The summed E-state index contributed by atoms with van der Waals surface area (Å²) in [7, 11) is -2.35. The molecule has 146 valence electrons. The molecule has 2 aromatic carbocycles. The van der Waals surface area contributed by atoms with Crippen LogP contribution < -0.4 is 14.8 Å². The lowest BCUT2D eigenvalue weighted by Crippen LogP contribution is -2.14. The molecule has 0 saturated carbocycles. The summed E-state index contributed by atoms with van der Waals surface area (Å²) in [6, 6.07) is 16.5. The Morgan fingerprint density at radius 3 is 2.32 bits per heavy atom. The highest BCUT2D eigenvalue weighted by atomic mass is 32.2. The second-order valence-corrected chi connectivity index (χ2v) is 8.02. The van der Waals surface area contributed by atoms with Crippen molar-refractivity contribution in [2.75, 3.05) is 17.1 Å². The van der Waals surface area contributed by atoms with Crippen LogP contribution in [0.5, 0.6) is 5.75 Å². The second-order valence-electron chi connectivity index (χ2n) is 6.37. The second kappa shape index (κ2) is 8.31. The molecular formula is C21H23N3O3S. The van der Waals surface area contributed by atoms with E-state index in [-0.39, 0.29) is 4.90 Å². The van der Waals surface area contributed by atoms with Crippen molar-refractivity contribution in [2.45, 2.75) is 25.2 Å². The largest absolute Gasteiger partial charge is 0.495 e. The molecule has 6 nitrogen and oxygen atoms in total. The number of hydrogen-bond acceptors (Lipinski definition) is 5. The van der Waals surface area contributed by atoms with Crippen molar-refractivity contribution >= 4 is 27.2 Å². The maximum atomic E-state index is 12.7. The third kappa shape index (κ3) is 4.61. The summed E-state index contributed by atoms with van der Waals surface area (Å²) < 4.78 is 33.2. The molecule has 3 aromatic rings. The first-order chi connectivity index (χ1) is 13.4. The van der Waals surface area contributed by atoms with Gasteiger partial charge in [0.05, 0.1) is 19.0 Å². The topological polar surface area (TPSA) is 80.3 Å². The SMILES string of the molecule is CCc1ccc(Nc2ccc(NS(=O)(=O)c3cc(C)ccc3OC)cn2)cc1. The van der Waals surface area contributed by atoms with Crippen LogP contribution in [0.1, 0.15) is 18.1 Å². The Labute approximate surface area is 165 Å². The molecule has 0 fully saturated rings. The molecule has 3 rings (SSSR count). The molecule has 0 aliphatic heterocycles. The van der Waals surface area contributed by atoms with Crippen molar-refractivity contribution in [1.29, 1.82) is 0 Å². The number of nitrogens with one attached hydrogen (secondary N) is 2. The van der Waals surface area contributed by atoms with Gasteiger partial charge in [-0.15, -0.1) is 0 Å². The first-order valence-electron chi connectivity index (χ1n) is 8.91. The van der Waals surface area contributed by atoms with Gasteiger partial charge >= 0.3 is 0 Å². The van der Waals surface area contributed by atoms with Crippen molar-refractivity contribution in [3.05, 3.63) is 71.9 Å². The van der Waals surface area contributed by atoms with Gasteiger partial charge in [0, 0.05) is 5.69 Å². The smallest absolute Gasteiger partial charge is 0.265 e. The van der Waals surface area contributed by atoms with E-state index in [0.29, 0.717) is 17.3 Å². The maximum absolute atomic E-state index is 12.7. The molecule has 0 bridgehead atoms. The highest BCUT2D eigenvalue weighted by Crippen LogP contribution is 2.27. The fourth-order valence-electron chi connectivity index (χ4n) is 2.70. The number of benzene rings is 2. The average molecular weight is 398 g/mol. The van der Waals surface area contributed by atoms with Crippen LogP contribution in [0.2, 0.25) is 0 Å². The summed E-state index contributed by atoms with van der Waals surface area (Å²) in [6.07, 6.45) is 2.46. The monoisotopic (exact) mass is 397 g/mol. The molecule has 0 saturated heterocycles. The predicted octanol–water partition coefficient (Wildman–Crippen LogP) is 4.51. The number of anilines is 3. The van der Waals surface area contributed by atoms with Crippen molar-refractivity contribution in [3.63, 3.8) is 0 Å². The van der Waals surface area contributed by atoms with Crippen LogP contribution in [0.15, 0.2) is 65.7 Å². The number of hydrogen-bond donors (Lipinski definition) is 2. The molecule has 0 aliphatic rings. The number of aromatic nitrogens is 1. The predicted molar refractivity (Wildman–Crippen MR) is 112 cm³/mol. The van der Waals surface area contributed by atoms with Gasteiger partial charge in [-0.05, 0) is 60.9 Å². The Kier molecular flexibility index (Phi) is 5.84. The quantitative estimate of drug-likeness (QED) is 0.613. The molecule has 28 heavy (non-hydrogen) atoms. The number of aryl methyl sites for hydroxylation is 2. The van der Waals surface area contributed by atoms with Crippen LogP contribution >= 0.6 is 0 Å². The molecule has 0 radical (unpaired) electrons. The fraction of sp³-hybridized carbons (Fsp3) is 0.190. The van der Waals surface area contributed by atoms with E-state index in [1.165, 1.54) is 18.9 Å². The first-order valence-corrected chi connectivity index (χ1v) is 10.4. The Morgan fingerprint density at radius 1 is 1.00 bits per heavy atom. The summed E-state index contributed by atoms with van der Waals surface area (Å²) >= 11 is 0. The van der Waals surface area contributed by atoms with Gasteiger partial charge in [0.1, 0.15) is 16.5 Å². The molecule has 1 heterocycles. The zero-order valence-corrected chi connectivity index (χ0v) is 16.9. The van der Waals surface area contributed by atoms with Crippen molar-refractivity contribution in [1.82, 2.24) is 4.98 Å². The number of methoxy groups -OCH3 is 1. The van der Waals surface area contributed by atoms with Gasteiger partial charge in [0.15, 0.2) is 0 Å². The Hall–Kier alpha value is -3.06. The molecule has 0 unspecified atom stereocenters. The van der Waals surface area contributed by atoms with E-state index in [9.17, 15) is 8.42 Å². The van der Waals surface area contributed by atoms with Gasteiger partial charge in [-0.3, -0.25) is 4.72 Å². The number of pyridine rings is 1. The van der Waals surface area contributed by atoms with Crippen LogP contribution in [-0.4, -0.2) is 20.5 Å². The van der Waals surface area contributed by atoms with Gasteiger partial charge < -0.3 is 10.1 Å². The minimum absolute atomic E-state index is 0.0909. The highest BCUT2D eigenvalue weighted by Gasteiger charge is 2.20. The molecular weight excluding hydrogens is 374 g/mol. The normalized spacial score (nSPS) is 11.1. The summed E-state index contributed by atoms with van der Waals surface area (Å²) in [6.45, 7) is 3.93. The summed E-state index contributed by atoms with van der Waals surface area (Å²) in [4.78, 5) is 4.38. The van der Waals surface area contributed by atoms with Crippen LogP contribution in [-0.2, 0) is 16.4 Å². The molecule has 0 spiro atoms. The fourth-order valence-corrected chi connectivity index (χ4v) is 4.00. The first kappa shape index (κ1) is 19.7. The molecule has 0 amide bonds. The van der Waals surface area contributed by atoms with E-state index in [2.05, 4.69) is 34.1 Å². The van der Waals surface area contributed by atoms with E-state index in [1.807, 2.05) is 19.1 Å². The number of rotatable bonds is 7.